The van der Waals surface area contributed by atoms with Crippen LogP contribution in [0.15, 0.2) is 47.2 Å². The van der Waals surface area contributed by atoms with Gasteiger partial charge in [-0.05, 0) is 50.2 Å². The normalized spacial score (nSPS) is 17.2. The number of hydrogen-bond donors (Lipinski definition) is 0. The van der Waals surface area contributed by atoms with E-state index >= 15 is 0 Å². The molecule has 2 aromatic rings. The molecule has 0 N–H and O–H groups in total. The van der Waals surface area contributed by atoms with Crippen molar-refractivity contribution in [3.63, 3.8) is 0 Å². The summed E-state index contributed by atoms with van der Waals surface area (Å²) in [5, 5.41) is 0. The molecule has 1 fully saturated rings. The maximum Gasteiger partial charge on any atom is 0.211 e. The SMILES string of the molecule is CS(=O)(=O)N(Cc1ccco1)C1CCN(CCc2ccccn2)CC1. The molecule has 1 saturated heterocycles. The quantitative estimate of drug-likeness (QED) is 0.754. The first-order chi connectivity index (χ1) is 12.0. The second kappa shape index (κ2) is 8.12. The molecule has 0 aromatic carbocycles. The fraction of sp³-hybridized carbons (Fsp3) is 0.500. The first kappa shape index (κ1) is 18.1. The lowest BCUT2D eigenvalue weighted by molar-refractivity contribution is 0.153. The van der Waals surface area contributed by atoms with Gasteiger partial charge in [-0.2, -0.15) is 4.31 Å². The second-order valence-electron chi connectivity index (χ2n) is 6.53. The predicted molar refractivity (Wildman–Crippen MR) is 96.5 cm³/mol. The maximum absolute atomic E-state index is 12.2. The first-order valence-corrected chi connectivity index (χ1v) is 10.5. The summed E-state index contributed by atoms with van der Waals surface area (Å²) in [5.41, 5.74) is 1.10. The standard InChI is InChI=1S/C18H25N3O3S/c1-25(22,23)21(15-18-6-4-14-24-18)17-8-12-20(13-9-17)11-7-16-5-2-3-10-19-16/h2-6,10,14,17H,7-9,11-13,15H2,1H3. The van der Waals surface area contributed by atoms with E-state index in [1.165, 1.54) is 6.26 Å². The van der Waals surface area contributed by atoms with Gasteiger partial charge in [-0.25, -0.2) is 8.42 Å². The molecular formula is C18H25N3O3S. The van der Waals surface area contributed by atoms with E-state index in [4.69, 9.17) is 4.42 Å². The van der Waals surface area contributed by atoms with Crippen LogP contribution in [0.25, 0.3) is 0 Å². The third-order valence-electron chi connectivity index (χ3n) is 4.69. The van der Waals surface area contributed by atoms with Crippen LogP contribution in [-0.2, 0) is 23.0 Å². The van der Waals surface area contributed by atoms with Gasteiger partial charge in [0.05, 0.1) is 19.1 Å². The highest BCUT2D eigenvalue weighted by Crippen LogP contribution is 2.22. The van der Waals surface area contributed by atoms with Gasteiger partial charge in [0.1, 0.15) is 5.76 Å². The Morgan fingerprint density at radius 2 is 2.04 bits per heavy atom. The monoisotopic (exact) mass is 363 g/mol. The number of nitrogens with zero attached hydrogens (tertiary/aromatic N) is 3. The Morgan fingerprint density at radius 1 is 1.24 bits per heavy atom. The van der Waals surface area contributed by atoms with Crippen LogP contribution in [-0.4, -0.2) is 54.5 Å². The van der Waals surface area contributed by atoms with Gasteiger partial charge in [-0.1, -0.05) is 6.07 Å². The van der Waals surface area contributed by atoms with Crippen LogP contribution < -0.4 is 0 Å². The van der Waals surface area contributed by atoms with E-state index in [0.717, 1.165) is 44.6 Å². The largest absolute Gasteiger partial charge is 0.468 e. The van der Waals surface area contributed by atoms with E-state index in [0.29, 0.717) is 12.3 Å². The van der Waals surface area contributed by atoms with Crippen LogP contribution in [0, 0.1) is 0 Å². The second-order valence-corrected chi connectivity index (χ2v) is 8.47. The number of furan rings is 1. The van der Waals surface area contributed by atoms with Gasteiger partial charge < -0.3 is 9.32 Å². The minimum absolute atomic E-state index is 0.0335. The van der Waals surface area contributed by atoms with Crippen LogP contribution in [0.2, 0.25) is 0 Å². The summed E-state index contributed by atoms with van der Waals surface area (Å²) in [5.74, 6) is 0.683. The topological polar surface area (TPSA) is 66.7 Å². The molecule has 3 rings (SSSR count). The van der Waals surface area contributed by atoms with Crippen molar-refractivity contribution < 1.29 is 12.8 Å². The molecule has 136 valence electrons. The van der Waals surface area contributed by atoms with Crippen molar-refractivity contribution in [1.29, 1.82) is 0 Å². The zero-order valence-corrected chi connectivity index (χ0v) is 15.4. The minimum atomic E-state index is -3.27. The summed E-state index contributed by atoms with van der Waals surface area (Å²) < 4.78 is 31.3. The van der Waals surface area contributed by atoms with Crippen molar-refractivity contribution in [1.82, 2.24) is 14.2 Å². The van der Waals surface area contributed by atoms with Crippen LogP contribution >= 0.6 is 0 Å². The summed E-state index contributed by atoms with van der Waals surface area (Å²) in [4.78, 5) is 6.74. The van der Waals surface area contributed by atoms with Crippen LogP contribution in [0.3, 0.4) is 0 Å². The molecular weight excluding hydrogens is 338 g/mol. The molecule has 0 saturated carbocycles. The molecule has 2 aromatic heterocycles. The molecule has 0 radical (unpaired) electrons. The van der Waals surface area contributed by atoms with E-state index in [1.54, 1.807) is 16.6 Å². The average molecular weight is 363 g/mol. The number of hydrogen-bond acceptors (Lipinski definition) is 5. The van der Waals surface area contributed by atoms with Crippen LogP contribution in [0.4, 0.5) is 0 Å². The Morgan fingerprint density at radius 3 is 2.64 bits per heavy atom. The Balaban J connectivity index is 1.54. The van der Waals surface area contributed by atoms with Gasteiger partial charge in [-0.15, -0.1) is 0 Å². The lowest BCUT2D eigenvalue weighted by Gasteiger charge is -2.37. The average Bonchev–Trinajstić information content (AvgIpc) is 3.12. The number of likely N-dealkylation sites (tertiary alicyclic amines) is 1. The van der Waals surface area contributed by atoms with Gasteiger partial charge in [0.15, 0.2) is 0 Å². The molecule has 0 bridgehead atoms. The summed E-state index contributed by atoms with van der Waals surface area (Å²) in [6.45, 7) is 3.08. The Bertz CT molecular complexity index is 739. The fourth-order valence-corrected chi connectivity index (χ4v) is 4.44. The number of pyridine rings is 1. The van der Waals surface area contributed by atoms with Gasteiger partial charge >= 0.3 is 0 Å². The maximum atomic E-state index is 12.2. The third kappa shape index (κ3) is 5.14. The zero-order chi connectivity index (χ0) is 17.7. The predicted octanol–water partition coefficient (Wildman–Crippen LogP) is 2.14. The highest BCUT2D eigenvalue weighted by molar-refractivity contribution is 7.88. The highest BCUT2D eigenvalue weighted by Gasteiger charge is 2.30. The first-order valence-electron chi connectivity index (χ1n) is 8.64. The number of sulfonamides is 1. The third-order valence-corrected chi connectivity index (χ3v) is 5.97. The van der Waals surface area contributed by atoms with Crippen molar-refractivity contribution in [3.05, 3.63) is 54.2 Å². The summed E-state index contributed by atoms with van der Waals surface area (Å²) in [7, 11) is -3.27. The highest BCUT2D eigenvalue weighted by atomic mass is 32.2. The van der Waals surface area contributed by atoms with Crippen LogP contribution in [0.5, 0.6) is 0 Å². The Hall–Kier alpha value is -1.70. The number of rotatable bonds is 7. The molecule has 6 nitrogen and oxygen atoms in total. The molecule has 0 spiro atoms. The summed E-state index contributed by atoms with van der Waals surface area (Å²) in [6.07, 6.45) is 7.29. The Labute approximate surface area is 149 Å². The molecule has 0 amide bonds. The number of piperidine rings is 1. The molecule has 1 aliphatic rings. The van der Waals surface area contributed by atoms with E-state index < -0.39 is 10.0 Å². The molecule has 1 aliphatic heterocycles. The summed E-state index contributed by atoms with van der Waals surface area (Å²) >= 11 is 0. The van der Waals surface area contributed by atoms with Crippen molar-refractivity contribution in [2.45, 2.75) is 31.8 Å². The van der Waals surface area contributed by atoms with Crippen molar-refractivity contribution in [2.75, 3.05) is 25.9 Å². The number of aromatic nitrogens is 1. The molecule has 3 heterocycles. The van der Waals surface area contributed by atoms with Gasteiger partial charge in [-0.3, -0.25) is 4.98 Å². The van der Waals surface area contributed by atoms with Crippen molar-refractivity contribution >= 4 is 10.0 Å². The van der Waals surface area contributed by atoms with E-state index in [9.17, 15) is 8.42 Å². The lowest BCUT2D eigenvalue weighted by atomic mass is 10.0. The van der Waals surface area contributed by atoms with E-state index in [1.807, 2.05) is 30.5 Å². The summed E-state index contributed by atoms with van der Waals surface area (Å²) in [6, 6.07) is 9.62. The molecule has 0 atom stereocenters. The van der Waals surface area contributed by atoms with Crippen molar-refractivity contribution in [3.8, 4) is 0 Å². The van der Waals surface area contributed by atoms with Gasteiger partial charge in [0, 0.05) is 30.9 Å². The minimum Gasteiger partial charge on any atom is -0.468 e. The molecule has 25 heavy (non-hydrogen) atoms. The van der Waals surface area contributed by atoms with E-state index in [-0.39, 0.29) is 6.04 Å². The fourth-order valence-electron chi connectivity index (χ4n) is 3.32. The molecule has 0 unspecified atom stereocenters. The Kier molecular flexibility index (Phi) is 5.88. The van der Waals surface area contributed by atoms with Crippen LogP contribution in [0.1, 0.15) is 24.3 Å². The smallest absolute Gasteiger partial charge is 0.211 e. The molecule has 0 aliphatic carbocycles. The van der Waals surface area contributed by atoms with E-state index in [2.05, 4.69) is 9.88 Å². The lowest BCUT2D eigenvalue weighted by Crippen LogP contribution is -2.47. The molecule has 7 heteroatoms. The zero-order valence-electron chi connectivity index (χ0n) is 14.5. The van der Waals surface area contributed by atoms with Crippen molar-refractivity contribution in [2.24, 2.45) is 0 Å². The van der Waals surface area contributed by atoms with Gasteiger partial charge in [0.25, 0.3) is 0 Å². The van der Waals surface area contributed by atoms with Gasteiger partial charge in [0.2, 0.25) is 10.0 Å².